The zero-order valence-corrected chi connectivity index (χ0v) is 9.75. The van der Waals surface area contributed by atoms with Crippen molar-refractivity contribution in [1.82, 2.24) is 5.32 Å². The molecule has 1 N–H and O–H groups in total. The second-order valence-corrected chi connectivity index (χ2v) is 4.27. The summed E-state index contributed by atoms with van der Waals surface area (Å²) in [4.78, 5) is 11.6. The average molecular weight is 230 g/mol. The monoisotopic (exact) mass is 229 g/mol. The first-order chi connectivity index (χ1) is 7.13. The number of carbonyl (C=O) groups excluding carboxylic acids is 1. The van der Waals surface area contributed by atoms with Crippen LogP contribution in [0.5, 0.6) is 0 Å². The fourth-order valence-corrected chi connectivity index (χ4v) is 1.60. The highest BCUT2D eigenvalue weighted by Gasteiger charge is 2.14. The smallest absolute Gasteiger partial charge is 0.254 e. The zero-order chi connectivity index (χ0) is 11.3. The van der Waals surface area contributed by atoms with E-state index in [4.69, 9.17) is 16.0 Å². The second-order valence-electron chi connectivity index (χ2n) is 3.97. The quantitative estimate of drug-likeness (QED) is 0.789. The van der Waals surface area contributed by atoms with Crippen molar-refractivity contribution in [3.63, 3.8) is 0 Å². The molecule has 0 radical (unpaired) electrons. The normalized spacial score (nSPS) is 12.8. The first kappa shape index (κ1) is 12.1. The van der Waals surface area contributed by atoms with Gasteiger partial charge < -0.3 is 9.73 Å². The van der Waals surface area contributed by atoms with Crippen LogP contribution in [0.25, 0.3) is 0 Å². The van der Waals surface area contributed by atoms with Crippen LogP contribution >= 0.6 is 11.6 Å². The Hall–Kier alpha value is -0.960. The van der Waals surface area contributed by atoms with E-state index in [9.17, 15) is 4.79 Å². The van der Waals surface area contributed by atoms with Crippen molar-refractivity contribution in [3.05, 3.63) is 24.2 Å². The fraction of sp³-hybridized carbons (Fsp3) is 0.545. The Balaban J connectivity index is 2.48. The van der Waals surface area contributed by atoms with E-state index in [1.54, 1.807) is 6.07 Å². The van der Waals surface area contributed by atoms with Crippen molar-refractivity contribution in [2.75, 3.05) is 5.88 Å². The molecule has 0 aliphatic carbocycles. The Bertz CT molecular complexity index is 296. The molecule has 1 amide bonds. The second kappa shape index (κ2) is 5.81. The van der Waals surface area contributed by atoms with Crippen molar-refractivity contribution in [2.45, 2.75) is 26.3 Å². The number of hydrogen-bond acceptors (Lipinski definition) is 2. The van der Waals surface area contributed by atoms with Gasteiger partial charge in [0.15, 0.2) is 0 Å². The Morgan fingerprint density at radius 1 is 1.60 bits per heavy atom. The van der Waals surface area contributed by atoms with Crippen LogP contribution < -0.4 is 5.32 Å². The van der Waals surface area contributed by atoms with Gasteiger partial charge in [-0.05, 0) is 18.4 Å². The van der Waals surface area contributed by atoms with E-state index < -0.39 is 0 Å². The Morgan fingerprint density at radius 3 is 2.80 bits per heavy atom. The van der Waals surface area contributed by atoms with Crippen LogP contribution in [0.15, 0.2) is 23.0 Å². The van der Waals surface area contributed by atoms with Crippen LogP contribution in [0.1, 0.15) is 30.6 Å². The Labute approximate surface area is 94.8 Å². The molecule has 0 saturated carbocycles. The summed E-state index contributed by atoms with van der Waals surface area (Å²) in [5.74, 6) is 0.815. The zero-order valence-electron chi connectivity index (χ0n) is 9.00. The summed E-state index contributed by atoms with van der Waals surface area (Å²) in [6, 6.07) is 1.66. The lowest BCUT2D eigenvalue weighted by atomic mass is 10.0. The summed E-state index contributed by atoms with van der Waals surface area (Å²) in [5.41, 5.74) is 0.536. The van der Waals surface area contributed by atoms with Crippen LogP contribution in [0.4, 0.5) is 0 Å². The van der Waals surface area contributed by atoms with Gasteiger partial charge in [0, 0.05) is 11.9 Å². The van der Waals surface area contributed by atoms with Gasteiger partial charge in [0.1, 0.15) is 6.26 Å². The fourth-order valence-electron chi connectivity index (χ4n) is 1.39. The molecule has 4 heteroatoms. The predicted octanol–water partition coefficient (Wildman–Crippen LogP) is 2.66. The maximum absolute atomic E-state index is 11.6. The van der Waals surface area contributed by atoms with Gasteiger partial charge in [0.25, 0.3) is 5.91 Å². The molecule has 0 aliphatic heterocycles. The van der Waals surface area contributed by atoms with E-state index in [2.05, 4.69) is 19.2 Å². The lowest BCUT2D eigenvalue weighted by Crippen LogP contribution is -2.36. The van der Waals surface area contributed by atoms with Crippen LogP contribution in [-0.4, -0.2) is 17.8 Å². The van der Waals surface area contributed by atoms with Gasteiger partial charge in [-0.25, -0.2) is 0 Å². The number of rotatable bonds is 5. The average Bonchev–Trinajstić information content (AvgIpc) is 2.68. The summed E-state index contributed by atoms with van der Waals surface area (Å²) >= 11 is 5.78. The summed E-state index contributed by atoms with van der Waals surface area (Å²) in [7, 11) is 0. The Morgan fingerprint density at radius 2 is 2.33 bits per heavy atom. The number of nitrogens with one attached hydrogen (secondary N) is 1. The van der Waals surface area contributed by atoms with Crippen molar-refractivity contribution in [3.8, 4) is 0 Å². The summed E-state index contributed by atoms with van der Waals surface area (Å²) < 4.78 is 4.84. The third kappa shape index (κ3) is 3.96. The van der Waals surface area contributed by atoms with Crippen molar-refractivity contribution < 1.29 is 9.21 Å². The maximum Gasteiger partial charge on any atom is 0.254 e. The predicted molar refractivity (Wildman–Crippen MR) is 60.1 cm³/mol. The largest absolute Gasteiger partial charge is 0.472 e. The molecule has 1 heterocycles. The molecule has 1 aromatic rings. The first-order valence-corrected chi connectivity index (χ1v) is 5.56. The van der Waals surface area contributed by atoms with Crippen LogP contribution in [0, 0.1) is 5.92 Å². The molecule has 0 aliphatic rings. The van der Waals surface area contributed by atoms with Gasteiger partial charge in [-0.15, -0.1) is 11.6 Å². The molecule has 3 nitrogen and oxygen atoms in total. The molecule has 0 fully saturated rings. The van der Waals surface area contributed by atoms with Crippen LogP contribution in [0.3, 0.4) is 0 Å². The molecule has 0 saturated heterocycles. The molecule has 1 rings (SSSR count). The number of carbonyl (C=O) groups is 1. The summed E-state index contributed by atoms with van der Waals surface area (Å²) in [6.45, 7) is 4.20. The van der Waals surface area contributed by atoms with Gasteiger partial charge in [-0.3, -0.25) is 4.79 Å². The van der Waals surface area contributed by atoms with E-state index >= 15 is 0 Å². The third-order valence-corrected chi connectivity index (χ3v) is 2.43. The molecule has 84 valence electrons. The number of halogens is 1. The Kier molecular flexibility index (Phi) is 4.69. The molecule has 0 spiro atoms. The molecule has 1 unspecified atom stereocenters. The molecule has 0 bridgehead atoms. The highest BCUT2D eigenvalue weighted by Crippen LogP contribution is 2.08. The molecule has 1 atom stereocenters. The van der Waals surface area contributed by atoms with Crippen molar-refractivity contribution in [2.24, 2.45) is 5.92 Å². The first-order valence-electron chi connectivity index (χ1n) is 5.02. The van der Waals surface area contributed by atoms with Crippen LogP contribution in [0.2, 0.25) is 0 Å². The number of furan rings is 1. The van der Waals surface area contributed by atoms with E-state index in [1.165, 1.54) is 12.5 Å². The topological polar surface area (TPSA) is 42.2 Å². The summed E-state index contributed by atoms with van der Waals surface area (Å²) in [6.07, 6.45) is 3.79. The van der Waals surface area contributed by atoms with Gasteiger partial charge in [0.2, 0.25) is 0 Å². The molecule has 0 aromatic carbocycles. The standard InChI is InChI=1S/C11H16ClNO2/c1-8(2)5-10(6-12)13-11(14)9-3-4-15-7-9/h3-4,7-8,10H,5-6H2,1-2H3,(H,13,14). The lowest BCUT2D eigenvalue weighted by molar-refractivity contribution is 0.0936. The van der Waals surface area contributed by atoms with Gasteiger partial charge in [0.05, 0.1) is 11.8 Å². The highest BCUT2D eigenvalue weighted by molar-refractivity contribution is 6.18. The number of amides is 1. The minimum atomic E-state index is -0.130. The van der Waals surface area contributed by atoms with E-state index in [0.29, 0.717) is 17.4 Å². The van der Waals surface area contributed by atoms with Crippen molar-refractivity contribution >= 4 is 17.5 Å². The summed E-state index contributed by atoms with van der Waals surface area (Å²) in [5, 5.41) is 2.87. The molecule has 1 aromatic heterocycles. The maximum atomic E-state index is 11.6. The highest BCUT2D eigenvalue weighted by atomic mass is 35.5. The van der Waals surface area contributed by atoms with Crippen molar-refractivity contribution in [1.29, 1.82) is 0 Å². The molecule has 15 heavy (non-hydrogen) atoms. The van der Waals surface area contributed by atoms with E-state index in [0.717, 1.165) is 6.42 Å². The SMILES string of the molecule is CC(C)CC(CCl)NC(=O)c1ccoc1. The van der Waals surface area contributed by atoms with Crippen LogP contribution in [-0.2, 0) is 0 Å². The van der Waals surface area contributed by atoms with E-state index in [-0.39, 0.29) is 11.9 Å². The van der Waals surface area contributed by atoms with Gasteiger partial charge in [-0.1, -0.05) is 13.8 Å². The van der Waals surface area contributed by atoms with Gasteiger partial charge >= 0.3 is 0 Å². The minimum absolute atomic E-state index is 0.0223. The van der Waals surface area contributed by atoms with E-state index in [1.807, 2.05) is 0 Å². The molecular weight excluding hydrogens is 214 g/mol. The molecular formula is C11H16ClNO2. The number of hydrogen-bond donors (Lipinski definition) is 1. The number of alkyl halides is 1. The van der Waals surface area contributed by atoms with Gasteiger partial charge in [-0.2, -0.15) is 0 Å². The minimum Gasteiger partial charge on any atom is -0.472 e. The lowest BCUT2D eigenvalue weighted by Gasteiger charge is -2.17. The third-order valence-electron chi connectivity index (χ3n) is 2.06.